The molecule has 0 aliphatic rings. The highest BCUT2D eigenvalue weighted by atomic mass is 35.5. The van der Waals surface area contributed by atoms with E-state index in [-0.39, 0.29) is 13.1 Å². The van der Waals surface area contributed by atoms with Crippen molar-refractivity contribution in [3.8, 4) is 0 Å². The van der Waals surface area contributed by atoms with Gasteiger partial charge in [0.1, 0.15) is 12.1 Å². The van der Waals surface area contributed by atoms with Gasteiger partial charge in [-0.2, -0.15) is 0 Å². The smallest absolute Gasteiger partial charge is 0.326 e. The van der Waals surface area contributed by atoms with E-state index in [4.69, 9.17) is 16.3 Å². The van der Waals surface area contributed by atoms with Crippen molar-refractivity contribution in [2.45, 2.75) is 33.3 Å². The molecule has 3 amide bonds. The molecule has 0 bridgehead atoms. The summed E-state index contributed by atoms with van der Waals surface area (Å²) in [6.07, 6.45) is 3.17. The highest BCUT2D eigenvalue weighted by Gasteiger charge is 2.25. The summed E-state index contributed by atoms with van der Waals surface area (Å²) in [5.74, 6) is -1.09. The van der Waals surface area contributed by atoms with Gasteiger partial charge in [-0.05, 0) is 63.6 Å². The summed E-state index contributed by atoms with van der Waals surface area (Å²) in [4.78, 5) is 43.5. The molecule has 2 aromatic carbocycles. The first-order chi connectivity index (χ1) is 16.0. The van der Waals surface area contributed by atoms with Crippen LogP contribution >= 0.6 is 11.6 Å². The van der Waals surface area contributed by atoms with Crippen LogP contribution in [0.5, 0.6) is 0 Å². The van der Waals surface area contributed by atoms with Crippen molar-refractivity contribution < 1.29 is 19.1 Å². The summed E-state index contributed by atoms with van der Waals surface area (Å²) in [6.45, 7) is 6.46. The first-order valence-electron chi connectivity index (χ1n) is 10.7. The van der Waals surface area contributed by atoms with Crippen LogP contribution in [0.15, 0.2) is 54.9 Å². The summed E-state index contributed by atoms with van der Waals surface area (Å²) in [5, 5.41) is 7.00. The molecule has 0 saturated heterocycles. The van der Waals surface area contributed by atoms with Crippen molar-refractivity contribution in [2.24, 2.45) is 0 Å². The standard InChI is InChI=1S/C25H27ClN4O4/c1-16-6-5-7-17(12-16)29-24(33)28-14-22(31)30(15-23(32)34-25(2,3)4)21-9-8-20(26)18-10-11-27-13-19(18)21/h5-13H,14-15H2,1-4H3,(H2,28,29,33). The number of nitrogens with zero attached hydrogens (tertiary/aromatic N) is 2. The summed E-state index contributed by atoms with van der Waals surface area (Å²) in [6, 6.07) is 11.8. The van der Waals surface area contributed by atoms with E-state index in [0.29, 0.717) is 27.2 Å². The summed E-state index contributed by atoms with van der Waals surface area (Å²) < 4.78 is 5.42. The fourth-order valence-corrected chi connectivity index (χ4v) is 3.56. The molecule has 0 aliphatic carbocycles. The zero-order chi connectivity index (χ0) is 24.9. The van der Waals surface area contributed by atoms with Crippen molar-refractivity contribution in [3.05, 3.63) is 65.4 Å². The van der Waals surface area contributed by atoms with E-state index in [1.54, 1.807) is 57.4 Å². The third kappa shape index (κ3) is 6.68. The normalized spacial score (nSPS) is 11.1. The topological polar surface area (TPSA) is 101 Å². The third-order valence-corrected chi connectivity index (χ3v) is 5.05. The van der Waals surface area contributed by atoms with Gasteiger partial charge >= 0.3 is 12.0 Å². The van der Waals surface area contributed by atoms with Crippen LogP contribution in [0.2, 0.25) is 5.02 Å². The number of halogens is 1. The second-order valence-electron chi connectivity index (χ2n) is 8.73. The molecule has 0 aliphatic heterocycles. The number of ether oxygens (including phenoxy) is 1. The molecule has 3 rings (SSSR count). The van der Waals surface area contributed by atoms with Crippen molar-refractivity contribution in [2.75, 3.05) is 23.3 Å². The van der Waals surface area contributed by atoms with E-state index in [0.717, 1.165) is 5.56 Å². The van der Waals surface area contributed by atoms with Gasteiger partial charge in [-0.3, -0.25) is 19.5 Å². The van der Waals surface area contributed by atoms with Gasteiger partial charge in [-0.25, -0.2) is 4.79 Å². The molecule has 0 spiro atoms. The number of rotatable bonds is 6. The van der Waals surface area contributed by atoms with E-state index in [1.165, 1.54) is 4.90 Å². The number of carbonyl (C=O) groups is 3. The van der Waals surface area contributed by atoms with Gasteiger partial charge < -0.3 is 15.4 Å². The Morgan fingerprint density at radius 1 is 1.09 bits per heavy atom. The first-order valence-corrected chi connectivity index (χ1v) is 11.1. The minimum atomic E-state index is -0.721. The summed E-state index contributed by atoms with van der Waals surface area (Å²) in [5.41, 5.74) is 1.30. The molecule has 2 N–H and O–H groups in total. The van der Waals surface area contributed by atoms with Gasteiger partial charge in [0.2, 0.25) is 5.91 Å². The van der Waals surface area contributed by atoms with Crippen LogP contribution in [0.4, 0.5) is 16.2 Å². The second-order valence-corrected chi connectivity index (χ2v) is 9.14. The Bertz CT molecular complexity index is 1220. The largest absolute Gasteiger partial charge is 0.459 e. The van der Waals surface area contributed by atoms with Crippen molar-refractivity contribution in [3.63, 3.8) is 0 Å². The Balaban J connectivity index is 1.82. The Kier molecular flexibility index (Phi) is 7.73. The molecule has 0 atom stereocenters. The van der Waals surface area contributed by atoms with Crippen LogP contribution in [-0.2, 0) is 14.3 Å². The lowest BCUT2D eigenvalue weighted by Crippen LogP contribution is -2.45. The van der Waals surface area contributed by atoms with Crippen LogP contribution in [0.25, 0.3) is 10.8 Å². The number of fused-ring (bicyclic) bond motifs is 1. The van der Waals surface area contributed by atoms with Crippen molar-refractivity contribution in [1.82, 2.24) is 10.3 Å². The molecule has 0 fully saturated rings. The van der Waals surface area contributed by atoms with Crippen LogP contribution < -0.4 is 15.5 Å². The molecule has 0 radical (unpaired) electrons. The molecular formula is C25H27ClN4O4. The van der Waals surface area contributed by atoms with E-state index in [1.807, 2.05) is 25.1 Å². The summed E-state index contributed by atoms with van der Waals surface area (Å²) in [7, 11) is 0. The highest BCUT2D eigenvalue weighted by molar-refractivity contribution is 6.36. The van der Waals surface area contributed by atoms with Crippen LogP contribution in [0.3, 0.4) is 0 Å². The Hall–Kier alpha value is -3.65. The van der Waals surface area contributed by atoms with Crippen molar-refractivity contribution in [1.29, 1.82) is 0 Å². The number of aromatic nitrogens is 1. The predicted molar refractivity (Wildman–Crippen MR) is 133 cm³/mol. The van der Waals surface area contributed by atoms with Gasteiger partial charge in [-0.15, -0.1) is 0 Å². The lowest BCUT2D eigenvalue weighted by atomic mass is 10.1. The minimum Gasteiger partial charge on any atom is -0.459 e. The second kappa shape index (κ2) is 10.5. The van der Waals surface area contributed by atoms with E-state index >= 15 is 0 Å². The maximum absolute atomic E-state index is 13.2. The van der Waals surface area contributed by atoms with Gasteiger partial charge in [0, 0.05) is 33.9 Å². The maximum Gasteiger partial charge on any atom is 0.326 e. The van der Waals surface area contributed by atoms with Gasteiger partial charge in [0.25, 0.3) is 0 Å². The molecule has 8 nitrogen and oxygen atoms in total. The molecule has 34 heavy (non-hydrogen) atoms. The molecule has 0 saturated carbocycles. The van der Waals surface area contributed by atoms with Crippen molar-refractivity contribution >= 4 is 51.7 Å². The van der Waals surface area contributed by atoms with Crippen LogP contribution in [0.1, 0.15) is 26.3 Å². The highest BCUT2D eigenvalue weighted by Crippen LogP contribution is 2.31. The molecule has 1 heterocycles. The summed E-state index contributed by atoms with van der Waals surface area (Å²) >= 11 is 6.31. The van der Waals surface area contributed by atoms with E-state index in [2.05, 4.69) is 15.6 Å². The number of esters is 1. The molecule has 3 aromatic rings. The zero-order valence-corrected chi connectivity index (χ0v) is 20.3. The Morgan fingerprint density at radius 3 is 2.56 bits per heavy atom. The number of pyridine rings is 1. The lowest BCUT2D eigenvalue weighted by Gasteiger charge is -2.26. The molecular weight excluding hydrogens is 456 g/mol. The fraction of sp³-hybridized carbons (Fsp3) is 0.280. The van der Waals surface area contributed by atoms with Gasteiger partial charge in [-0.1, -0.05) is 23.7 Å². The van der Waals surface area contributed by atoms with E-state index < -0.39 is 23.5 Å². The van der Waals surface area contributed by atoms with E-state index in [9.17, 15) is 14.4 Å². The molecule has 1 aromatic heterocycles. The van der Waals surface area contributed by atoms with Gasteiger partial charge in [0.15, 0.2) is 0 Å². The SMILES string of the molecule is Cc1cccc(NC(=O)NCC(=O)N(CC(=O)OC(C)(C)C)c2ccc(Cl)c3ccncc23)c1. The monoisotopic (exact) mass is 482 g/mol. The molecule has 9 heteroatoms. The lowest BCUT2D eigenvalue weighted by molar-refractivity contribution is -0.153. The third-order valence-electron chi connectivity index (χ3n) is 4.72. The number of hydrogen-bond acceptors (Lipinski definition) is 5. The predicted octanol–water partition coefficient (Wildman–Crippen LogP) is 4.69. The number of anilines is 2. The number of hydrogen-bond donors (Lipinski definition) is 2. The number of carbonyl (C=O) groups excluding carboxylic acids is 3. The number of aryl methyl sites for hydroxylation is 1. The van der Waals surface area contributed by atoms with Crippen LogP contribution in [-0.4, -0.2) is 41.6 Å². The number of nitrogens with one attached hydrogen (secondary N) is 2. The maximum atomic E-state index is 13.2. The van der Waals surface area contributed by atoms with Gasteiger partial charge in [0.05, 0.1) is 12.2 Å². The minimum absolute atomic E-state index is 0.342. The molecule has 0 unspecified atom stereocenters. The fourth-order valence-electron chi connectivity index (χ4n) is 3.33. The average molecular weight is 483 g/mol. The average Bonchev–Trinajstić information content (AvgIpc) is 2.75. The quantitative estimate of drug-likeness (QED) is 0.496. The Labute approximate surface area is 203 Å². The number of amides is 3. The first kappa shape index (κ1) is 25.0. The zero-order valence-electron chi connectivity index (χ0n) is 19.5. The Morgan fingerprint density at radius 2 is 1.85 bits per heavy atom. The number of benzene rings is 2. The number of urea groups is 1. The molecule has 178 valence electrons. The van der Waals surface area contributed by atoms with Crippen LogP contribution in [0, 0.1) is 6.92 Å².